The summed E-state index contributed by atoms with van der Waals surface area (Å²) in [5, 5.41) is 20.0. The fraction of sp³-hybridized carbons (Fsp3) is 1.00. The smallest absolute Gasteiger partial charge is 0.0591 e. The summed E-state index contributed by atoms with van der Waals surface area (Å²) < 4.78 is 0. The van der Waals surface area contributed by atoms with Crippen molar-refractivity contribution in [3.05, 3.63) is 0 Å². The van der Waals surface area contributed by atoms with E-state index in [4.69, 9.17) is 0 Å². The van der Waals surface area contributed by atoms with Gasteiger partial charge in [0, 0.05) is 0 Å². The fourth-order valence-electron chi connectivity index (χ4n) is 4.50. The van der Waals surface area contributed by atoms with Crippen LogP contribution in [0, 0.1) is 17.3 Å². The lowest BCUT2D eigenvalue weighted by Gasteiger charge is -2.39. The van der Waals surface area contributed by atoms with E-state index in [-0.39, 0.29) is 6.10 Å². The van der Waals surface area contributed by atoms with Crippen LogP contribution in [0.1, 0.15) is 106 Å². The van der Waals surface area contributed by atoms with Crippen molar-refractivity contribution in [1.29, 1.82) is 0 Å². The molecule has 2 nitrogen and oxygen atoms in total. The summed E-state index contributed by atoms with van der Waals surface area (Å²) in [4.78, 5) is 0. The van der Waals surface area contributed by atoms with Gasteiger partial charge in [0.2, 0.25) is 0 Å². The average Bonchev–Trinajstić information content (AvgIpc) is 2.80. The molecule has 1 aliphatic carbocycles. The first-order chi connectivity index (χ1) is 10.7. The van der Waals surface area contributed by atoms with Gasteiger partial charge in [0.25, 0.3) is 0 Å². The second-order valence-electron chi connectivity index (χ2n) is 8.29. The Morgan fingerprint density at radius 2 is 1.74 bits per heavy atom. The predicted molar refractivity (Wildman–Crippen MR) is 102 cm³/mol. The normalized spacial score (nSPS) is 29.1. The van der Waals surface area contributed by atoms with E-state index in [1.54, 1.807) is 0 Å². The van der Waals surface area contributed by atoms with Crippen molar-refractivity contribution in [3.63, 3.8) is 0 Å². The van der Waals surface area contributed by atoms with E-state index in [9.17, 15) is 10.2 Å². The lowest BCUT2D eigenvalue weighted by atomic mass is 9.67. The molecule has 0 saturated heterocycles. The molecule has 0 aromatic heterocycles. The van der Waals surface area contributed by atoms with Crippen molar-refractivity contribution >= 4 is 0 Å². The Morgan fingerprint density at radius 3 is 2.22 bits per heavy atom. The zero-order chi connectivity index (χ0) is 18.1. The van der Waals surface area contributed by atoms with Crippen LogP contribution in [0.3, 0.4) is 0 Å². The van der Waals surface area contributed by atoms with E-state index in [2.05, 4.69) is 13.8 Å². The van der Waals surface area contributed by atoms with Crippen molar-refractivity contribution in [1.82, 2.24) is 0 Å². The minimum Gasteiger partial charge on any atom is -0.393 e. The molecule has 2 heteroatoms. The van der Waals surface area contributed by atoms with Gasteiger partial charge in [0.05, 0.1) is 11.7 Å². The zero-order valence-electron chi connectivity index (χ0n) is 17.0. The van der Waals surface area contributed by atoms with Gasteiger partial charge < -0.3 is 10.2 Å². The molecule has 0 bridgehead atoms. The highest BCUT2D eigenvalue weighted by atomic mass is 16.3. The molecule has 2 N–H and O–H groups in total. The Hall–Kier alpha value is -0.0800. The Kier molecular flexibility index (Phi) is 10.7. The van der Waals surface area contributed by atoms with Crippen LogP contribution in [-0.2, 0) is 0 Å². The van der Waals surface area contributed by atoms with Gasteiger partial charge in [-0.25, -0.2) is 0 Å². The number of hydrogen-bond acceptors (Lipinski definition) is 2. The average molecular weight is 329 g/mol. The number of aliphatic hydroxyl groups excluding tert-OH is 1. The van der Waals surface area contributed by atoms with Crippen LogP contribution in [0.5, 0.6) is 0 Å². The minimum atomic E-state index is -0.524. The summed E-state index contributed by atoms with van der Waals surface area (Å²) in [5.74, 6) is 1.23. The molecule has 0 amide bonds. The van der Waals surface area contributed by atoms with Gasteiger partial charge in [-0.3, -0.25) is 0 Å². The van der Waals surface area contributed by atoms with E-state index in [1.165, 1.54) is 44.9 Å². The van der Waals surface area contributed by atoms with Gasteiger partial charge in [0.1, 0.15) is 0 Å². The lowest BCUT2D eigenvalue weighted by Crippen LogP contribution is -2.34. The van der Waals surface area contributed by atoms with Gasteiger partial charge >= 0.3 is 0 Å². The molecule has 4 unspecified atom stereocenters. The summed E-state index contributed by atoms with van der Waals surface area (Å²) in [5.41, 5.74) is -0.206. The lowest BCUT2D eigenvalue weighted by molar-refractivity contribution is 0.0270. The zero-order valence-corrected chi connectivity index (χ0v) is 17.0. The molecule has 0 spiro atoms. The maximum atomic E-state index is 10.2. The number of unbranched alkanes of at least 4 members (excludes halogenated alkanes) is 2. The van der Waals surface area contributed by atoms with E-state index < -0.39 is 5.60 Å². The van der Waals surface area contributed by atoms with Crippen LogP contribution in [0.2, 0.25) is 0 Å². The van der Waals surface area contributed by atoms with Crippen LogP contribution >= 0.6 is 0 Å². The highest BCUT2D eigenvalue weighted by Crippen LogP contribution is 2.54. The molecule has 0 radical (unpaired) electrons. The quantitative estimate of drug-likeness (QED) is 0.514. The molecule has 23 heavy (non-hydrogen) atoms. The van der Waals surface area contributed by atoms with Crippen molar-refractivity contribution < 1.29 is 10.2 Å². The largest absolute Gasteiger partial charge is 0.393 e. The number of rotatable bonds is 9. The number of aliphatic hydroxyl groups is 2. The highest BCUT2D eigenvalue weighted by Gasteiger charge is 2.47. The van der Waals surface area contributed by atoms with Crippen LogP contribution in [0.15, 0.2) is 0 Å². The Balaban J connectivity index is 0.00000232. The minimum absolute atomic E-state index is 0.173. The molecule has 1 aliphatic rings. The summed E-state index contributed by atoms with van der Waals surface area (Å²) in [7, 11) is 0. The van der Waals surface area contributed by atoms with E-state index in [0.29, 0.717) is 11.3 Å². The van der Waals surface area contributed by atoms with Crippen molar-refractivity contribution in [3.8, 4) is 0 Å². The van der Waals surface area contributed by atoms with Gasteiger partial charge in [-0.15, -0.1) is 0 Å². The fourth-order valence-corrected chi connectivity index (χ4v) is 4.50. The van der Waals surface area contributed by atoms with E-state index >= 15 is 0 Å². The Bertz CT molecular complexity index is 293. The SMILES string of the molecule is CC.CCCCC1(C)C(CCCCC(C)(C)O)CCC1C(C)O. The maximum Gasteiger partial charge on any atom is 0.0591 e. The second kappa shape index (κ2) is 10.7. The summed E-state index contributed by atoms with van der Waals surface area (Å²) in [6, 6.07) is 0. The standard InChI is InChI=1S/C19H38O2.C2H6/c1-6-7-14-19(5)16(11-12-17(19)15(2)20)10-8-9-13-18(3,4)21;1-2/h15-17,20-21H,6-14H2,1-5H3;1-2H3. The molecule has 0 aromatic rings. The van der Waals surface area contributed by atoms with Gasteiger partial charge in [0.15, 0.2) is 0 Å². The maximum absolute atomic E-state index is 10.2. The van der Waals surface area contributed by atoms with Gasteiger partial charge in [-0.05, 0) is 70.1 Å². The van der Waals surface area contributed by atoms with Crippen LogP contribution in [-0.4, -0.2) is 21.9 Å². The second-order valence-corrected chi connectivity index (χ2v) is 8.29. The van der Waals surface area contributed by atoms with Crippen molar-refractivity contribution in [2.45, 2.75) is 118 Å². The molecule has 1 fully saturated rings. The highest BCUT2D eigenvalue weighted by molar-refractivity contribution is 4.96. The van der Waals surface area contributed by atoms with Crippen molar-refractivity contribution in [2.24, 2.45) is 17.3 Å². The molecule has 4 atom stereocenters. The number of hydrogen-bond donors (Lipinski definition) is 2. The van der Waals surface area contributed by atoms with E-state index in [1.807, 2.05) is 34.6 Å². The molecule has 140 valence electrons. The van der Waals surface area contributed by atoms with Gasteiger partial charge in [-0.2, -0.15) is 0 Å². The molecule has 1 rings (SSSR count). The molecule has 0 aliphatic heterocycles. The van der Waals surface area contributed by atoms with Crippen LogP contribution in [0.4, 0.5) is 0 Å². The molecule has 0 aromatic carbocycles. The first kappa shape index (κ1) is 22.9. The van der Waals surface area contributed by atoms with Gasteiger partial charge in [-0.1, -0.05) is 53.4 Å². The predicted octanol–water partition coefficient (Wildman–Crippen LogP) is 5.95. The monoisotopic (exact) mass is 328 g/mol. The molecular formula is C21H44O2. The summed E-state index contributed by atoms with van der Waals surface area (Å²) in [6.07, 6.45) is 10.6. The third kappa shape index (κ3) is 7.56. The molecule has 0 heterocycles. The van der Waals surface area contributed by atoms with Crippen LogP contribution in [0.25, 0.3) is 0 Å². The first-order valence-corrected chi connectivity index (χ1v) is 10.1. The summed E-state index contributed by atoms with van der Waals surface area (Å²) in [6.45, 7) is 14.5. The topological polar surface area (TPSA) is 40.5 Å². The van der Waals surface area contributed by atoms with Crippen LogP contribution < -0.4 is 0 Å². The molecule has 1 saturated carbocycles. The summed E-state index contributed by atoms with van der Waals surface area (Å²) >= 11 is 0. The molecular weight excluding hydrogens is 284 g/mol. The third-order valence-corrected chi connectivity index (χ3v) is 5.85. The van der Waals surface area contributed by atoms with E-state index in [0.717, 1.165) is 18.8 Å². The third-order valence-electron chi connectivity index (χ3n) is 5.85. The first-order valence-electron chi connectivity index (χ1n) is 10.1. The van der Waals surface area contributed by atoms with Crippen molar-refractivity contribution in [2.75, 3.05) is 0 Å². The Labute approximate surface area is 146 Å². The Morgan fingerprint density at radius 1 is 1.13 bits per heavy atom.